The maximum absolute atomic E-state index is 11.6. The summed E-state index contributed by atoms with van der Waals surface area (Å²) in [6.45, 7) is 0. The van der Waals surface area contributed by atoms with Gasteiger partial charge in [-0.3, -0.25) is 10.1 Å². The summed E-state index contributed by atoms with van der Waals surface area (Å²) in [5.74, 6) is 0.719. The molecular weight excluding hydrogens is 404 g/mol. The maximum atomic E-state index is 11.6. The van der Waals surface area contributed by atoms with Crippen molar-refractivity contribution in [3.8, 4) is 5.69 Å². The van der Waals surface area contributed by atoms with Crippen molar-refractivity contribution in [2.24, 2.45) is 0 Å². The summed E-state index contributed by atoms with van der Waals surface area (Å²) in [7, 11) is 1.27. The molecule has 8 nitrogen and oxygen atoms in total. The summed E-state index contributed by atoms with van der Waals surface area (Å²) in [6.07, 6.45) is 4.83. The minimum absolute atomic E-state index is 0.0731. The molecule has 0 bridgehead atoms. The van der Waals surface area contributed by atoms with E-state index in [1.54, 1.807) is 12.1 Å². The Morgan fingerprint density at radius 2 is 2.03 bits per heavy atom. The number of para-hydroxylation sites is 1. The largest absolute Gasteiger partial charge is 0.466 e. The van der Waals surface area contributed by atoms with E-state index in [1.807, 2.05) is 35.0 Å². The van der Waals surface area contributed by atoms with E-state index in [0.29, 0.717) is 21.5 Å². The lowest BCUT2D eigenvalue weighted by Crippen LogP contribution is -2.01. The van der Waals surface area contributed by atoms with Crippen molar-refractivity contribution < 1.29 is 14.5 Å². The number of methoxy groups -OCH3 is 1. The van der Waals surface area contributed by atoms with Gasteiger partial charge in [-0.25, -0.2) is 14.5 Å². The molecule has 1 aromatic heterocycles. The number of rotatable bonds is 7. The Morgan fingerprint density at radius 1 is 1.27 bits per heavy atom. The summed E-state index contributed by atoms with van der Waals surface area (Å²) in [5.41, 5.74) is 1.37. The fourth-order valence-corrected chi connectivity index (χ4v) is 3.74. The van der Waals surface area contributed by atoms with Crippen LogP contribution in [0.4, 0.5) is 5.69 Å². The molecular formula is C21H18N4O4S. The monoisotopic (exact) mass is 422 g/mol. The van der Waals surface area contributed by atoms with Gasteiger partial charge in [0.1, 0.15) is 5.82 Å². The fourth-order valence-electron chi connectivity index (χ4n) is 2.91. The zero-order chi connectivity index (χ0) is 21.1. The van der Waals surface area contributed by atoms with Gasteiger partial charge in [0.05, 0.1) is 22.6 Å². The van der Waals surface area contributed by atoms with Crippen molar-refractivity contribution >= 4 is 29.5 Å². The van der Waals surface area contributed by atoms with Crippen LogP contribution in [0.2, 0.25) is 0 Å². The third kappa shape index (κ3) is 4.41. The van der Waals surface area contributed by atoms with Gasteiger partial charge >= 0.3 is 5.97 Å². The molecule has 0 spiro atoms. The SMILES string of the molecule is COC(=O)/C=C/c1ccc(Sc2nc(C3CC3)n(-c3ccccc3)n2)c([N+](=O)[O-])c1. The Bertz CT molecular complexity index is 1120. The first-order valence-electron chi connectivity index (χ1n) is 9.30. The minimum Gasteiger partial charge on any atom is -0.466 e. The Labute approximate surface area is 176 Å². The number of nitrogens with zero attached hydrogens (tertiary/aromatic N) is 4. The van der Waals surface area contributed by atoms with Crippen LogP contribution in [0, 0.1) is 10.1 Å². The van der Waals surface area contributed by atoms with Crippen LogP contribution in [0.1, 0.15) is 30.1 Å². The van der Waals surface area contributed by atoms with Gasteiger partial charge in [0.15, 0.2) is 0 Å². The molecule has 0 radical (unpaired) electrons. The molecule has 0 saturated heterocycles. The second kappa shape index (κ2) is 8.50. The molecule has 0 amide bonds. The highest BCUT2D eigenvalue weighted by atomic mass is 32.2. The molecule has 0 N–H and O–H groups in total. The number of hydrogen-bond donors (Lipinski definition) is 0. The average Bonchev–Trinajstić information content (AvgIpc) is 3.53. The smallest absolute Gasteiger partial charge is 0.330 e. The average molecular weight is 422 g/mol. The number of nitro benzene ring substituents is 1. The molecule has 1 aliphatic rings. The van der Waals surface area contributed by atoms with Crippen LogP contribution < -0.4 is 0 Å². The van der Waals surface area contributed by atoms with Crippen LogP contribution in [-0.4, -0.2) is 32.8 Å². The molecule has 1 aliphatic carbocycles. The standard InChI is InChI=1S/C21H18N4O4S/c1-29-19(26)12-8-14-7-11-18(17(13-14)25(27)28)30-21-22-20(15-9-10-15)24(23-21)16-5-3-2-4-6-16/h2-8,11-13,15H,9-10H2,1H3/b12-8+. The summed E-state index contributed by atoms with van der Waals surface area (Å²) >= 11 is 1.15. The van der Waals surface area contributed by atoms with Crippen molar-refractivity contribution in [2.75, 3.05) is 7.11 Å². The molecule has 9 heteroatoms. The zero-order valence-electron chi connectivity index (χ0n) is 16.1. The number of aromatic nitrogens is 3. The van der Waals surface area contributed by atoms with Crippen LogP contribution >= 0.6 is 11.8 Å². The first kappa shape index (κ1) is 19.8. The van der Waals surface area contributed by atoms with Crippen molar-refractivity contribution in [2.45, 2.75) is 28.8 Å². The molecule has 1 saturated carbocycles. The van der Waals surface area contributed by atoms with Crippen LogP contribution in [-0.2, 0) is 9.53 Å². The highest BCUT2D eigenvalue weighted by Gasteiger charge is 2.31. The molecule has 0 aliphatic heterocycles. The normalized spacial score (nSPS) is 13.5. The van der Waals surface area contributed by atoms with E-state index >= 15 is 0 Å². The number of nitro groups is 1. The maximum Gasteiger partial charge on any atom is 0.330 e. The Hall–Kier alpha value is -3.46. The topological polar surface area (TPSA) is 100 Å². The Morgan fingerprint density at radius 3 is 2.70 bits per heavy atom. The van der Waals surface area contributed by atoms with E-state index in [2.05, 4.69) is 14.8 Å². The number of benzene rings is 2. The lowest BCUT2D eigenvalue weighted by molar-refractivity contribution is -0.387. The van der Waals surface area contributed by atoms with Crippen molar-refractivity contribution in [1.82, 2.24) is 14.8 Å². The van der Waals surface area contributed by atoms with Gasteiger partial charge in [0.2, 0.25) is 5.16 Å². The highest BCUT2D eigenvalue weighted by Crippen LogP contribution is 2.41. The van der Waals surface area contributed by atoms with Gasteiger partial charge in [-0.15, -0.1) is 5.10 Å². The van der Waals surface area contributed by atoms with Crippen LogP contribution in [0.3, 0.4) is 0 Å². The van der Waals surface area contributed by atoms with E-state index in [-0.39, 0.29) is 5.69 Å². The molecule has 152 valence electrons. The zero-order valence-corrected chi connectivity index (χ0v) is 16.9. The Kier molecular flexibility index (Phi) is 5.62. The van der Waals surface area contributed by atoms with Gasteiger partial charge in [-0.05, 0) is 54.4 Å². The summed E-state index contributed by atoms with van der Waals surface area (Å²) in [6, 6.07) is 14.5. The van der Waals surface area contributed by atoms with Gasteiger partial charge in [0, 0.05) is 18.1 Å². The second-order valence-electron chi connectivity index (χ2n) is 6.72. The third-order valence-corrected chi connectivity index (χ3v) is 5.47. The van der Waals surface area contributed by atoms with Crippen molar-refractivity contribution in [1.29, 1.82) is 0 Å². The van der Waals surface area contributed by atoms with Crippen LogP contribution in [0.15, 0.2) is 64.7 Å². The number of ether oxygens (including phenoxy) is 1. The van der Waals surface area contributed by atoms with Gasteiger partial charge in [0.25, 0.3) is 5.69 Å². The fraction of sp³-hybridized carbons (Fsp3) is 0.190. The first-order chi connectivity index (χ1) is 14.5. The van der Waals surface area contributed by atoms with E-state index < -0.39 is 10.9 Å². The molecule has 0 atom stereocenters. The summed E-state index contributed by atoms with van der Waals surface area (Å²) in [4.78, 5) is 27.5. The van der Waals surface area contributed by atoms with Crippen molar-refractivity contribution in [3.05, 3.63) is 76.1 Å². The third-order valence-electron chi connectivity index (χ3n) is 4.55. The molecule has 2 aromatic carbocycles. The molecule has 0 unspecified atom stereocenters. The highest BCUT2D eigenvalue weighted by molar-refractivity contribution is 7.99. The number of esters is 1. The molecule has 3 aromatic rings. The number of carbonyl (C=O) groups is 1. The predicted molar refractivity (Wildman–Crippen MR) is 112 cm³/mol. The predicted octanol–water partition coefficient (Wildman–Crippen LogP) is 4.39. The molecule has 30 heavy (non-hydrogen) atoms. The summed E-state index contributed by atoms with van der Waals surface area (Å²) < 4.78 is 6.36. The number of hydrogen-bond acceptors (Lipinski definition) is 7. The quantitative estimate of drug-likeness (QED) is 0.241. The minimum atomic E-state index is -0.528. The molecule has 4 rings (SSSR count). The van der Waals surface area contributed by atoms with E-state index in [0.717, 1.165) is 36.1 Å². The van der Waals surface area contributed by atoms with E-state index in [9.17, 15) is 14.9 Å². The number of carbonyl (C=O) groups excluding carboxylic acids is 1. The Balaban J connectivity index is 1.65. The molecule has 1 fully saturated rings. The lowest BCUT2D eigenvalue weighted by Gasteiger charge is -2.03. The first-order valence-corrected chi connectivity index (χ1v) is 10.1. The lowest BCUT2D eigenvalue weighted by atomic mass is 10.2. The van der Waals surface area contributed by atoms with E-state index in [4.69, 9.17) is 0 Å². The molecule has 1 heterocycles. The van der Waals surface area contributed by atoms with E-state index in [1.165, 1.54) is 25.3 Å². The van der Waals surface area contributed by atoms with Gasteiger partial charge in [-0.1, -0.05) is 24.3 Å². The van der Waals surface area contributed by atoms with Gasteiger partial charge in [-0.2, -0.15) is 0 Å². The van der Waals surface area contributed by atoms with Crippen molar-refractivity contribution in [3.63, 3.8) is 0 Å². The summed E-state index contributed by atoms with van der Waals surface area (Å²) in [5, 5.41) is 16.7. The van der Waals surface area contributed by atoms with Crippen LogP contribution in [0.5, 0.6) is 0 Å². The second-order valence-corrected chi connectivity index (χ2v) is 7.73. The van der Waals surface area contributed by atoms with Crippen LogP contribution in [0.25, 0.3) is 11.8 Å². The van der Waals surface area contributed by atoms with Gasteiger partial charge < -0.3 is 4.74 Å².